The molecule has 0 bridgehead atoms. The number of aromatic nitrogens is 1. The monoisotopic (exact) mass is 261 g/mol. The van der Waals surface area contributed by atoms with Gasteiger partial charge in [0.05, 0.1) is 5.69 Å². The van der Waals surface area contributed by atoms with Gasteiger partial charge >= 0.3 is 0 Å². The molecule has 106 valence electrons. The second-order valence-electron chi connectivity index (χ2n) is 6.18. The van der Waals surface area contributed by atoms with Gasteiger partial charge in [-0.25, -0.2) is 0 Å². The lowest BCUT2D eigenvalue weighted by atomic mass is 9.80. The zero-order valence-electron chi connectivity index (χ0n) is 12.4. The van der Waals surface area contributed by atoms with Crippen LogP contribution >= 0.6 is 0 Å². The van der Waals surface area contributed by atoms with E-state index in [1.165, 1.54) is 32.1 Å². The Bertz CT molecular complexity index is 397. The van der Waals surface area contributed by atoms with Crippen LogP contribution < -0.4 is 5.73 Å². The number of hydrogen-bond acceptors (Lipinski definition) is 3. The summed E-state index contributed by atoms with van der Waals surface area (Å²) in [6.07, 6.45) is 7.48. The van der Waals surface area contributed by atoms with Crippen molar-refractivity contribution < 1.29 is 0 Å². The van der Waals surface area contributed by atoms with Crippen molar-refractivity contribution in [1.82, 2.24) is 9.88 Å². The Kier molecular flexibility index (Phi) is 4.94. The van der Waals surface area contributed by atoms with Gasteiger partial charge in [0.2, 0.25) is 0 Å². The summed E-state index contributed by atoms with van der Waals surface area (Å²) in [4.78, 5) is 6.89. The van der Waals surface area contributed by atoms with E-state index >= 15 is 0 Å². The van der Waals surface area contributed by atoms with Crippen LogP contribution in [0.1, 0.15) is 49.9 Å². The quantitative estimate of drug-likeness (QED) is 0.886. The molecule has 0 saturated heterocycles. The van der Waals surface area contributed by atoms with E-state index in [1.54, 1.807) is 0 Å². The molecular weight excluding hydrogens is 234 g/mol. The highest BCUT2D eigenvalue weighted by atomic mass is 15.1. The van der Waals surface area contributed by atoms with Gasteiger partial charge < -0.3 is 10.6 Å². The predicted molar refractivity (Wildman–Crippen MR) is 79.9 cm³/mol. The fourth-order valence-electron chi connectivity index (χ4n) is 2.96. The van der Waals surface area contributed by atoms with Gasteiger partial charge in [-0.1, -0.05) is 25.3 Å². The second kappa shape index (κ2) is 6.49. The molecule has 19 heavy (non-hydrogen) atoms. The maximum absolute atomic E-state index is 6.48. The van der Waals surface area contributed by atoms with E-state index < -0.39 is 0 Å². The van der Waals surface area contributed by atoms with Gasteiger partial charge in [-0.05, 0) is 51.9 Å². The summed E-state index contributed by atoms with van der Waals surface area (Å²) in [7, 11) is 2.16. The number of aryl methyl sites for hydroxylation is 1. The molecule has 0 radical (unpaired) electrons. The Hall–Kier alpha value is -0.930. The Balaban J connectivity index is 1.79. The molecule has 2 N–H and O–H groups in total. The summed E-state index contributed by atoms with van der Waals surface area (Å²) in [6, 6.07) is 6.22. The normalized spacial score (nSPS) is 18.7. The molecular formula is C16H27N3. The van der Waals surface area contributed by atoms with Crippen LogP contribution in [0.15, 0.2) is 18.2 Å². The van der Waals surface area contributed by atoms with Crippen molar-refractivity contribution in [3.05, 3.63) is 29.6 Å². The maximum atomic E-state index is 6.48. The molecule has 0 atom stereocenters. The van der Waals surface area contributed by atoms with E-state index in [0.717, 1.165) is 30.9 Å². The molecule has 3 heteroatoms. The van der Waals surface area contributed by atoms with E-state index in [0.29, 0.717) is 0 Å². The Morgan fingerprint density at radius 3 is 2.68 bits per heavy atom. The van der Waals surface area contributed by atoms with Crippen molar-refractivity contribution in [2.45, 2.75) is 57.5 Å². The van der Waals surface area contributed by atoms with E-state index in [9.17, 15) is 0 Å². The molecule has 0 aliphatic heterocycles. The molecule has 1 aromatic heterocycles. The molecule has 3 nitrogen and oxygen atoms in total. The van der Waals surface area contributed by atoms with Gasteiger partial charge in [0, 0.05) is 17.8 Å². The standard InChI is InChI=1S/C16H27N3/c1-14-7-6-8-15(18-14)13-19(2)12-11-16(17)9-4-3-5-10-16/h6-8H,3-5,9-13,17H2,1-2H3. The summed E-state index contributed by atoms with van der Waals surface area (Å²) >= 11 is 0. The smallest absolute Gasteiger partial charge is 0.0547 e. The summed E-state index contributed by atoms with van der Waals surface area (Å²) in [5.74, 6) is 0. The summed E-state index contributed by atoms with van der Waals surface area (Å²) in [6.45, 7) is 4.02. The van der Waals surface area contributed by atoms with Crippen molar-refractivity contribution >= 4 is 0 Å². The number of rotatable bonds is 5. The highest BCUT2D eigenvalue weighted by molar-refractivity contribution is 5.09. The van der Waals surface area contributed by atoms with E-state index in [-0.39, 0.29) is 5.54 Å². The third-order valence-electron chi connectivity index (χ3n) is 4.22. The Morgan fingerprint density at radius 1 is 1.26 bits per heavy atom. The van der Waals surface area contributed by atoms with Crippen molar-refractivity contribution in [2.24, 2.45) is 5.73 Å². The fraction of sp³-hybridized carbons (Fsp3) is 0.688. The molecule has 0 aromatic carbocycles. The molecule has 0 unspecified atom stereocenters. The highest BCUT2D eigenvalue weighted by Gasteiger charge is 2.27. The van der Waals surface area contributed by atoms with Gasteiger partial charge in [0.1, 0.15) is 0 Å². The molecule has 1 fully saturated rings. The molecule has 1 heterocycles. The second-order valence-corrected chi connectivity index (χ2v) is 6.18. The first-order valence-electron chi connectivity index (χ1n) is 7.47. The van der Waals surface area contributed by atoms with Crippen LogP contribution in [0.2, 0.25) is 0 Å². The molecule has 0 spiro atoms. The van der Waals surface area contributed by atoms with Crippen LogP contribution in [-0.4, -0.2) is 29.0 Å². The summed E-state index contributed by atoms with van der Waals surface area (Å²) in [5, 5.41) is 0. The zero-order chi connectivity index (χ0) is 13.7. The minimum absolute atomic E-state index is 0.0898. The molecule has 1 aliphatic rings. The number of hydrogen-bond donors (Lipinski definition) is 1. The van der Waals surface area contributed by atoms with Crippen molar-refractivity contribution in [3.63, 3.8) is 0 Å². The van der Waals surface area contributed by atoms with Crippen molar-refractivity contribution in [3.8, 4) is 0 Å². The Morgan fingerprint density at radius 2 is 2.00 bits per heavy atom. The van der Waals surface area contributed by atoms with Gasteiger partial charge in [-0.3, -0.25) is 4.98 Å². The van der Waals surface area contributed by atoms with E-state index in [2.05, 4.69) is 29.1 Å². The van der Waals surface area contributed by atoms with Gasteiger partial charge in [-0.15, -0.1) is 0 Å². The average Bonchev–Trinajstić information content (AvgIpc) is 2.38. The Labute approximate surface area is 117 Å². The lowest BCUT2D eigenvalue weighted by Crippen LogP contribution is -2.44. The lowest BCUT2D eigenvalue weighted by Gasteiger charge is -2.34. The minimum Gasteiger partial charge on any atom is -0.325 e. The molecule has 0 amide bonds. The van der Waals surface area contributed by atoms with Gasteiger partial charge in [0.25, 0.3) is 0 Å². The largest absolute Gasteiger partial charge is 0.325 e. The molecule has 2 rings (SSSR count). The number of nitrogens with two attached hydrogens (primary N) is 1. The van der Waals surface area contributed by atoms with Crippen molar-refractivity contribution in [1.29, 1.82) is 0 Å². The maximum Gasteiger partial charge on any atom is 0.0547 e. The number of pyridine rings is 1. The van der Waals surface area contributed by atoms with Gasteiger partial charge in [0.15, 0.2) is 0 Å². The van der Waals surface area contributed by atoms with Crippen LogP contribution in [0.4, 0.5) is 0 Å². The zero-order valence-corrected chi connectivity index (χ0v) is 12.4. The van der Waals surface area contributed by atoms with Crippen LogP contribution in [-0.2, 0) is 6.54 Å². The minimum atomic E-state index is 0.0898. The van der Waals surface area contributed by atoms with Crippen LogP contribution in [0.3, 0.4) is 0 Å². The topological polar surface area (TPSA) is 42.1 Å². The van der Waals surface area contributed by atoms with E-state index in [4.69, 9.17) is 5.73 Å². The highest BCUT2D eigenvalue weighted by Crippen LogP contribution is 2.28. The van der Waals surface area contributed by atoms with E-state index in [1.807, 2.05) is 13.0 Å². The third-order valence-corrected chi connectivity index (χ3v) is 4.22. The van der Waals surface area contributed by atoms with Gasteiger partial charge in [-0.2, -0.15) is 0 Å². The summed E-state index contributed by atoms with van der Waals surface area (Å²) < 4.78 is 0. The first-order valence-corrected chi connectivity index (χ1v) is 7.47. The van der Waals surface area contributed by atoms with Crippen LogP contribution in [0.5, 0.6) is 0 Å². The molecule has 1 aliphatic carbocycles. The first-order chi connectivity index (χ1) is 9.07. The van der Waals surface area contributed by atoms with Crippen LogP contribution in [0.25, 0.3) is 0 Å². The van der Waals surface area contributed by atoms with Crippen LogP contribution in [0, 0.1) is 6.92 Å². The molecule has 1 aromatic rings. The molecule has 1 saturated carbocycles. The first kappa shape index (κ1) is 14.5. The predicted octanol–water partition coefficient (Wildman–Crippen LogP) is 2.87. The SMILES string of the molecule is Cc1cccc(CN(C)CCC2(N)CCCCC2)n1. The third kappa shape index (κ3) is 4.59. The number of nitrogens with zero attached hydrogens (tertiary/aromatic N) is 2. The summed E-state index contributed by atoms with van der Waals surface area (Å²) in [5.41, 5.74) is 8.81. The fourth-order valence-corrected chi connectivity index (χ4v) is 2.96. The lowest BCUT2D eigenvalue weighted by molar-refractivity contribution is 0.225. The average molecular weight is 261 g/mol. The van der Waals surface area contributed by atoms with Crippen molar-refractivity contribution in [2.75, 3.05) is 13.6 Å².